The molecule has 4 rings (SSSR count). The minimum Gasteiger partial charge on any atom is -0.347 e. The lowest BCUT2D eigenvalue weighted by molar-refractivity contribution is -0.310. The Hall–Kier alpha value is -1.52. The minimum absolute atomic E-state index is 0.0321. The van der Waals surface area contributed by atoms with Gasteiger partial charge in [0.15, 0.2) is 11.6 Å². The van der Waals surface area contributed by atoms with Gasteiger partial charge in [-0.25, -0.2) is 0 Å². The zero-order chi connectivity index (χ0) is 19.5. The number of Topliss-reactive ketones (excluding diaryl/α,β-unsaturated/α-hetero) is 2. The van der Waals surface area contributed by atoms with E-state index in [0.29, 0.717) is 38.0 Å². The van der Waals surface area contributed by atoms with E-state index >= 15 is 0 Å². The molecule has 27 heavy (non-hydrogen) atoms. The van der Waals surface area contributed by atoms with Crippen LogP contribution in [0, 0.1) is 22.2 Å². The van der Waals surface area contributed by atoms with E-state index in [1.54, 1.807) is 0 Å². The molecule has 0 bridgehead atoms. The summed E-state index contributed by atoms with van der Waals surface area (Å²) < 4.78 is 12.3. The first-order valence-corrected chi connectivity index (χ1v) is 10.1. The highest BCUT2D eigenvalue weighted by molar-refractivity contribution is 6.12. The van der Waals surface area contributed by atoms with Crippen LogP contribution in [0.5, 0.6) is 0 Å². The molecule has 3 unspecified atom stereocenters. The van der Waals surface area contributed by atoms with E-state index in [-0.39, 0.29) is 22.4 Å². The highest BCUT2D eigenvalue weighted by Gasteiger charge is 2.71. The fourth-order valence-corrected chi connectivity index (χ4v) is 6.06. The molecule has 1 saturated heterocycles. The molecule has 146 valence electrons. The molecule has 4 nitrogen and oxygen atoms in total. The van der Waals surface area contributed by atoms with Gasteiger partial charge in [-0.3, -0.25) is 9.59 Å². The SMILES string of the molecule is CC12CCC3(OCCO3)C(C)(C)C1(C)CCC(C(=O)c1ccccc1)C2=O. The summed E-state index contributed by atoms with van der Waals surface area (Å²) >= 11 is 0. The molecule has 3 atom stereocenters. The average molecular weight is 370 g/mol. The molecule has 0 radical (unpaired) electrons. The minimum atomic E-state index is -0.613. The van der Waals surface area contributed by atoms with E-state index in [9.17, 15) is 9.59 Å². The van der Waals surface area contributed by atoms with E-state index in [2.05, 4.69) is 27.7 Å². The van der Waals surface area contributed by atoms with Crippen LogP contribution in [0.2, 0.25) is 0 Å². The van der Waals surface area contributed by atoms with Crippen LogP contribution in [0.4, 0.5) is 0 Å². The van der Waals surface area contributed by atoms with E-state index in [4.69, 9.17) is 9.47 Å². The number of hydrogen-bond donors (Lipinski definition) is 0. The molecule has 0 aromatic heterocycles. The summed E-state index contributed by atoms with van der Waals surface area (Å²) in [5.41, 5.74) is -0.519. The number of ketones is 2. The number of carbonyl (C=O) groups is 2. The summed E-state index contributed by atoms with van der Waals surface area (Å²) in [5, 5.41) is 0. The average Bonchev–Trinajstić information content (AvgIpc) is 3.15. The van der Waals surface area contributed by atoms with Gasteiger partial charge in [0.2, 0.25) is 0 Å². The van der Waals surface area contributed by atoms with E-state index < -0.39 is 17.1 Å². The lowest BCUT2D eigenvalue weighted by Gasteiger charge is -2.66. The van der Waals surface area contributed by atoms with Gasteiger partial charge < -0.3 is 9.47 Å². The Labute approximate surface area is 161 Å². The third-order valence-electron chi connectivity index (χ3n) is 8.43. The molecule has 0 N–H and O–H groups in total. The van der Waals surface area contributed by atoms with E-state index in [0.717, 1.165) is 6.42 Å². The fourth-order valence-electron chi connectivity index (χ4n) is 6.06. The van der Waals surface area contributed by atoms with Crippen molar-refractivity contribution < 1.29 is 19.1 Å². The molecular formula is C23H30O4. The van der Waals surface area contributed by atoms with Crippen molar-refractivity contribution in [1.82, 2.24) is 0 Å². The molecule has 3 aliphatic rings. The first-order valence-electron chi connectivity index (χ1n) is 10.1. The Morgan fingerprint density at radius 1 is 0.963 bits per heavy atom. The molecule has 1 aromatic carbocycles. The molecule has 3 fully saturated rings. The Morgan fingerprint density at radius 2 is 1.59 bits per heavy atom. The molecule has 2 aliphatic carbocycles. The first-order chi connectivity index (χ1) is 12.7. The molecule has 1 heterocycles. The van der Waals surface area contributed by atoms with E-state index in [1.165, 1.54) is 0 Å². The first kappa shape index (κ1) is 18.8. The quantitative estimate of drug-likeness (QED) is 0.571. The molecular weight excluding hydrogens is 340 g/mol. The maximum absolute atomic E-state index is 13.7. The van der Waals surface area contributed by atoms with Crippen LogP contribution >= 0.6 is 0 Å². The third-order valence-corrected chi connectivity index (χ3v) is 8.43. The Bertz CT molecular complexity index is 762. The summed E-state index contributed by atoms with van der Waals surface area (Å²) in [6, 6.07) is 9.23. The maximum atomic E-state index is 13.7. The van der Waals surface area contributed by atoms with Gasteiger partial charge in [-0.05, 0) is 24.7 Å². The third kappa shape index (κ3) is 2.29. The predicted octanol–water partition coefficient (Wildman–Crippen LogP) is 4.42. The van der Waals surface area contributed by atoms with Crippen molar-refractivity contribution in [2.45, 2.75) is 59.2 Å². The van der Waals surface area contributed by atoms with Crippen LogP contribution < -0.4 is 0 Å². The van der Waals surface area contributed by atoms with Crippen LogP contribution in [-0.4, -0.2) is 30.6 Å². The summed E-state index contributed by atoms with van der Waals surface area (Å²) in [4.78, 5) is 26.8. The zero-order valence-electron chi connectivity index (χ0n) is 16.8. The zero-order valence-corrected chi connectivity index (χ0v) is 16.8. The van der Waals surface area contributed by atoms with Crippen LogP contribution in [0.15, 0.2) is 30.3 Å². The van der Waals surface area contributed by atoms with Gasteiger partial charge in [0.05, 0.1) is 19.1 Å². The van der Waals surface area contributed by atoms with Gasteiger partial charge in [-0.1, -0.05) is 58.0 Å². The van der Waals surface area contributed by atoms with Gasteiger partial charge in [-0.2, -0.15) is 0 Å². The van der Waals surface area contributed by atoms with E-state index in [1.807, 2.05) is 30.3 Å². The van der Waals surface area contributed by atoms with Crippen molar-refractivity contribution in [2.75, 3.05) is 13.2 Å². The van der Waals surface area contributed by atoms with Crippen molar-refractivity contribution in [3.05, 3.63) is 35.9 Å². The predicted molar refractivity (Wildman–Crippen MR) is 102 cm³/mol. The Morgan fingerprint density at radius 3 is 2.22 bits per heavy atom. The number of benzene rings is 1. The lowest BCUT2D eigenvalue weighted by Crippen LogP contribution is -2.68. The highest BCUT2D eigenvalue weighted by atomic mass is 16.7. The second-order valence-electron chi connectivity index (χ2n) is 9.42. The van der Waals surface area contributed by atoms with Crippen LogP contribution in [0.3, 0.4) is 0 Å². The van der Waals surface area contributed by atoms with Crippen molar-refractivity contribution in [2.24, 2.45) is 22.2 Å². The van der Waals surface area contributed by atoms with Crippen LogP contribution in [0.25, 0.3) is 0 Å². The van der Waals surface area contributed by atoms with Crippen molar-refractivity contribution >= 4 is 11.6 Å². The summed E-state index contributed by atoms with van der Waals surface area (Å²) in [5.74, 6) is -1.08. The molecule has 2 saturated carbocycles. The highest BCUT2D eigenvalue weighted by Crippen LogP contribution is 2.69. The summed E-state index contributed by atoms with van der Waals surface area (Å²) in [6.07, 6.45) is 2.81. The van der Waals surface area contributed by atoms with Gasteiger partial charge >= 0.3 is 0 Å². The second-order valence-corrected chi connectivity index (χ2v) is 9.42. The lowest BCUT2D eigenvalue weighted by atomic mass is 9.39. The smallest absolute Gasteiger partial charge is 0.174 e. The molecule has 1 aliphatic heterocycles. The Kier molecular flexibility index (Phi) is 4.17. The number of hydrogen-bond acceptors (Lipinski definition) is 4. The summed E-state index contributed by atoms with van der Waals surface area (Å²) in [7, 11) is 0. The largest absolute Gasteiger partial charge is 0.347 e. The van der Waals surface area contributed by atoms with Crippen molar-refractivity contribution in [3.8, 4) is 0 Å². The number of carbonyl (C=O) groups excluding carboxylic acids is 2. The van der Waals surface area contributed by atoms with Crippen LogP contribution in [-0.2, 0) is 14.3 Å². The number of ether oxygens (including phenoxy) is 2. The molecule has 0 amide bonds. The van der Waals surface area contributed by atoms with Crippen molar-refractivity contribution in [1.29, 1.82) is 0 Å². The number of rotatable bonds is 2. The second kappa shape index (κ2) is 5.99. The Balaban J connectivity index is 1.70. The summed E-state index contributed by atoms with van der Waals surface area (Å²) in [6.45, 7) is 9.87. The van der Waals surface area contributed by atoms with Gasteiger partial charge in [0, 0.05) is 22.8 Å². The van der Waals surface area contributed by atoms with Gasteiger partial charge in [0.1, 0.15) is 5.78 Å². The van der Waals surface area contributed by atoms with Crippen molar-refractivity contribution in [3.63, 3.8) is 0 Å². The molecule has 4 heteroatoms. The monoisotopic (exact) mass is 370 g/mol. The molecule has 1 aromatic rings. The van der Waals surface area contributed by atoms with Gasteiger partial charge in [-0.15, -0.1) is 0 Å². The standard InChI is InChI=1S/C23H30O4/c1-20(2)22(4)11-10-17(18(24)16-8-6-5-7-9-16)19(25)21(22,3)12-13-23(20)26-14-15-27-23/h5-9,17H,10-15H2,1-4H3. The topological polar surface area (TPSA) is 52.6 Å². The number of fused-ring (bicyclic) bond motifs is 1. The normalized spacial score (nSPS) is 37.2. The maximum Gasteiger partial charge on any atom is 0.174 e. The van der Waals surface area contributed by atoms with Crippen LogP contribution in [0.1, 0.15) is 63.7 Å². The molecule has 1 spiro atoms. The van der Waals surface area contributed by atoms with Gasteiger partial charge in [0.25, 0.3) is 0 Å². The fraction of sp³-hybridized carbons (Fsp3) is 0.652.